The van der Waals surface area contributed by atoms with E-state index in [0.717, 1.165) is 11.1 Å². The standard InChI is InChI=1S/C13H16ClNO3/c1-9-4-2-5-10(13(9)14)8-11(16)15-7-3-6-12(17)18/h2,4-5H,3,6-8H2,1H3,(H,15,16)(H,17,18). The van der Waals surface area contributed by atoms with Crippen LogP contribution in [0, 0.1) is 6.92 Å². The Morgan fingerprint density at radius 3 is 2.78 bits per heavy atom. The zero-order valence-corrected chi connectivity index (χ0v) is 11.0. The number of benzene rings is 1. The van der Waals surface area contributed by atoms with E-state index in [2.05, 4.69) is 5.32 Å². The van der Waals surface area contributed by atoms with Crippen LogP contribution in [0.1, 0.15) is 24.0 Å². The normalized spacial score (nSPS) is 10.1. The molecule has 0 unspecified atom stereocenters. The molecule has 98 valence electrons. The second-order valence-electron chi connectivity index (χ2n) is 4.07. The predicted octanol–water partition coefficient (Wildman–Crippen LogP) is 2.17. The van der Waals surface area contributed by atoms with Gasteiger partial charge in [0.25, 0.3) is 0 Å². The minimum Gasteiger partial charge on any atom is -0.481 e. The molecule has 0 radical (unpaired) electrons. The molecule has 1 aromatic rings. The molecule has 5 heteroatoms. The molecular formula is C13H16ClNO3. The summed E-state index contributed by atoms with van der Waals surface area (Å²) in [6.07, 6.45) is 0.710. The molecule has 0 aliphatic carbocycles. The van der Waals surface area contributed by atoms with Crippen LogP contribution in [0.5, 0.6) is 0 Å². The lowest BCUT2D eigenvalue weighted by Gasteiger charge is -2.07. The quantitative estimate of drug-likeness (QED) is 0.778. The number of carboxylic acids is 1. The van der Waals surface area contributed by atoms with Gasteiger partial charge >= 0.3 is 5.97 Å². The van der Waals surface area contributed by atoms with Crippen LogP contribution in [0.2, 0.25) is 5.02 Å². The Morgan fingerprint density at radius 1 is 1.39 bits per heavy atom. The molecule has 0 bridgehead atoms. The fourth-order valence-corrected chi connectivity index (χ4v) is 1.74. The first kappa shape index (κ1) is 14.5. The van der Waals surface area contributed by atoms with E-state index in [1.165, 1.54) is 0 Å². The number of rotatable bonds is 6. The molecule has 0 aromatic heterocycles. The van der Waals surface area contributed by atoms with Crippen molar-refractivity contribution >= 4 is 23.5 Å². The summed E-state index contributed by atoms with van der Waals surface area (Å²) in [5, 5.41) is 11.7. The van der Waals surface area contributed by atoms with Gasteiger partial charge in [-0.2, -0.15) is 0 Å². The zero-order chi connectivity index (χ0) is 13.5. The Kier molecular flexibility index (Phi) is 5.65. The van der Waals surface area contributed by atoms with Crippen LogP contribution < -0.4 is 5.32 Å². The summed E-state index contributed by atoms with van der Waals surface area (Å²) < 4.78 is 0. The lowest BCUT2D eigenvalue weighted by molar-refractivity contribution is -0.137. The van der Waals surface area contributed by atoms with Crippen molar-refractivity contribution in [2.24, 2.45) is 0 Å². The van der Waals surface area contributed by atoms with Gasteiger partial charge < -0.3 is 10.4 Å². The number of aliphatic carboxylic acids is 1. The molecule has 2 N–H and O–H groups in total. The van der Waals surface area contributed by atoms with E-state index in [4.69, 9.17) is 16.7 Å². The van der Waals surface area contributed by atoms with Gasteiger partial charge in [-0.3, -0.25) is 9.59 Å². The molecule has 0 atom stereocenters. The topological polar surface area (TPSA) is 66.4 Å². The van der Waals surface area contributed by atoms with Gasteiger partial charge in [0, 0.05) is 18.0 Å². The van der Waals surface area contributed by atoms with E-state index >= 15 is 0 Å². The van der Waals surface area contributed by atoms with Crippen molar-refractivity contribution in [3.05, 3.63) is 34.3 Å². The van der Waals surface area contributed by atoms with Crippen molar-refractivity contribution < 1.29 is 14.7 Å². The zero-order valence-electron chi connectivity index (χ0n) is 10.2. The first-order chi connectivity index (χ1) is 8.50. The highest BCUT2D eigenvalue weighted by molar-refractivity contribution is 6.32. The van der Waals surface area contributed by atoms with E-state index in [0.29, 0.717) is 18.0 Å². The summed E-state index contributed by atoms with van der Waals surface area (Å²) in [5.74, 6) is -1.00. The van der Waals surface area contributed by atoms with Crippen LogP contribution in [-0.2, 0) is 16.0 Å². The maximum Gasteiger partial charge on any atom is 0.303 e. The fraction of sp³-hybridized carbons (Fsp3) is 0.385. The van der Waals surface area contributed by atoms with Gasteiger partial charge in [0.15, 0.2) is 0 Å². The van der Waals surface area contributed by atoms with Crippen molar-refractivity contribution in [1.29, 1.82) is 0 Å². The van der Waals surface area contributed by atoms with Crippen LogP contribution in [0.3, 0.4) is 0 Å². The van der Waals surface area contributed by atoms with Crippen molar-refractivity contribution in [1.82, 2.24) is 5.32 Å². The molecule has 0 saturated heterocycles. The van der Waals surface area contributed by atoms with Crippen molar-refractivity contribution in [3.63, 3.8) is 0 Å². The molecule has 4 nitrogen and oxygen atoms in total. The van der Waals surface area contributed by atoms with E-state index in [9.17, 15) is 9.59 Å². The molecule has 18 heavy (non-hydrogen) atoms. The van der Waals surface area contributed by atoms with Gasteiger partial charge in [0.1, 0.15) is 0 Å². The lowest BCUT2D eigenvalue weighted by atomic mass is 10.1. The molecule has 0 heterocycles. The minimum absolute atomic E-state index is 0.0610. The number of carboxylic acid groups (broad SMARTS) is 1. The largest absolute Gasteiger partial charge is 0.481 e. The maximum absolute atomic E-state index is 11.6. The average Bonchev–Trinajstić information content (AvgIpc) is 2.30. The molecule has 1 rings (SSSR count). The Hall–Kier alpha value is -1.55. The number of hydrogen-bond acceptors (Lipinski definition) is 2. The Bertz CT molecular complexity index is 446. The van der Waals surface area contributed by atoms with E-state index in [1.807, 2.05) is 25.1 Å². The predicted molar refractivity (Wildman–Crippen MR) is 69.8 cm³/mol. The van der Waals surface area contributed by atoms with Crippen LogP contribution >= 0.6 is 11.6 Å². The highest BCUT2D eigenvalue weighted by Crippen LogP contribution is 2.20. The average molecular weight is 270 g/mol. The van der Waals surface area contributed by atoms with Gasteiger partial charge in [-0.25, -0.2) is 0 Å². The van der Waals surface area contributed by atoms with Crippen molar-refractivity contribution in [2.45, 2.75) is 26.2 Å². The number of amides is 1. The van der Waals surface area contributed by atoms with Gasteiger partial charge in [0.2, 0.25) is 5.91 Å². The third-order valence-electron chi connectivity index (χ3n) is 2.51. The Morgan fingerprint density at radius 2 is 2.11 bits per heavy atom. The smallest absolute Gasteiger partial charge is 0.303 e. The lowest BCUT2D eigenvalue weighted by Crippen LogP contribution is -2.26. The highest BCUT2D eigenvalue weighted by atomic mass is 35.5. The maximum atomic E-state index is 11.6. The third-order valence-corrected chi connectivity index (χ3v) is 3.05. The molecule has 1 amide bonds. The van der Waals surface area contributed by atoms with E-state index in [-0.39, 0.29) is 18.7 Å². The van der Waals surface area contributed by atoms with Gasteiger partial charge in [-0.15, -0.1) is 0 Å². The molecule has 0 aliphatic rings. The van der Waals surface area contributed by atoms with Crippen LogP contribution in [-0.4, -0.2) is 23.5 Å². The molecular weight excluding hydrogens is 254 g/mol. The summed E-state index contributed by atoms with van der Waals surface area (Å²) in [6.45, 7) is 2.26. The fourth-order valence-electron chi connectivity index (χ4n) is 1.55. The number of carbonyl (C=O) groups excluding carboxylic acids is 1. The molecule has 1 aromatic carbocycles. The van der Waals surface area contributed by atoms with Crippen molar-refractivity contribution in [2.75, 3.05) is 6.54 Å². The summed E-state index contributed by atoms with van der Waals surface area (Å²) in [7, 11) is 0. The summed E-state index contributed by atoms with van der Waals surface area (Å²) in [5.41, 5.74) is 1.72. The Balaban J connectivity index is 2.40. The van der Waals surface area contributed by atoms with Crippen LogP contribution in [0.15, 0.2) is 18.2 Å². The van der Waals surface area contributed by atoms with Crippen LogP contribution in [0.25, 0.3) is 0 Å². The Labute approximate surface area is 111 Å². The SMILES string of the molecule is Cc1cccc(CC(=O)NCCCC(=O)O)c1Cl. The highest BCUT2D eigenvalue weighted by Gasteiger charge is 2.08. The van der Waals surface area contributed by atoms with Crippen molar-refractivity contribution in [3.8, 4) is 0 Å². The van der Waals surface area contributed by atoms with E-state index in [1.54, 1.807) is 0 Å². The minimum atomic E-state index is -0.856. The first-order valence-electron chi connectivity index (χ1n) is 5.73. The van der Waals surface area contributed by atoms with Crippen LogP contribution in [0.4, 0.5) is 0 Å². The number of nitrogens with one attached hydrogen (secondary N) is 1. The molecule has 0 saturated carbocycles. The van der Waals surface area contributed by atoms with E-state index < -0.39 is 5.97 Å². The number of aryl methyl sites for hydroxylation is 1. The molecule has 0 aliphatic heterocycles. The summed E-state index contributed by atoms with van der Waals surface area (Å²) in [6, 6.07) is 5.55. The number of halogens is 1. The second-order valence-corrected chi connectivity index (χ2v) is 4.45. The number of hydrogen-bond donors (Lipinski definition) is 2. The van der Waals surface area contributed by atoms with Gasteiger partial charge in [-0.1, -0.05) is 29.8 Å². The molecule has 0 spiro atoms. The monoisotopic (exact) mass is 269 g/mol. The second kappa shape index (κ2) is 7.01. The summed E-state index contributed by atoms with van der Waals surface area (Å²) in [4.78, 5) is 21.9. The van der Waals surface area contributed by atoms with Gasteiger partial charge in [0.05, 0.1) is 6.42 Å². The third kappa shape index (κ3) is 4.75. The van der Waals surface area contributed by atoms with Gasteiger partial charge in [-0.05, 0) is 24.5 Å². The summed E-state index contributed by atoms with van der Waals surface area (Å²) >= 11 is 6.08. The first-order valence-corrected chi connectivity index (χ1v) is 6.11. The number of carbonyl (C=O) groups is 2. The molecule has 0 fully saturated rings.